The van der Waals surface area contributed by atoms with Crippen molar-refractivity contribution >= 4 is 22.7 Å². The maximum Gasteiger partial charge on any atom is 0.435 e. The van der Waals surface area contributed by atoms with E-state index in [1.54, 1.807) is 11.1 Å². The van der Waals surface area contributed by atoms with Gasteiger partial charge in [0.05, 0.1) is 18.1 Å². The number of anilines is 2. The summed E-state index contributed by atoms with van der Waals surface area (Å²) in [6, 6.07) is 3.08. The number of halogens is 5. The third-order valence-electron chi connectivity index (χ3n) is 6.45. The summed E-state index contributed by atoms with van der Waals surface area (Å²) in [5.41, 5.74) is 0.0143. The van der Waals surface area contributed by atoms with Crippen LogP contribution in [0, 0.1) is 11.8 Å². The van der Waals surface area contributed by atoms with Crippen LogP contribution in [-0.4, -0.2) is 50.3 Å². The Morgan fingerprint density at radius 3 is 2.70 bits per heavy atom. The molecule has 0 spiro atoms. The largest absolute Gasteiger partial charge is 0.435 e. The Balaban J connectivity index is 1.28. The highest BCUT2D eigenvalue weighted by Gasteiger charge is 2.42. The lowest BCUT2D eigenvalue weighted by atomic mass is 9.79. The Kier molecular flexibility index (Phi) is 5.53. The van der Waals surface area contributed by atoms with Crippen LogP contribution in [0.15, 0.2) is 30.7 Å². The minimum atomic E-state index is -4.50. The van der Waals surface area contributed by atoms with Gasteiger partial charge in [0.25, 0.3) is 6.43 Å². The first kappa shape index (κ1) is 21.8. The van der Waals surface area contributed by atoms with Crippen molar-refractivity contribution < 1.29 is 22.0 Å². The van der Waals surface area contributed by atoms with E-state index in [2.05, 4.69) is 25.4 Å². The first-order chi connectivity index (χ1) is 15.8. The first-order valence-electron chi connectivity index (χ1n) is 10.8. The summed E-state index contributed by atoms with van der Waals surface area (Å²) in [6.07, 6.45) is -0.439. The maximum atomic E-state index is 13.4. The third kappa shape index (κ3) is 4.42. The molecular weight excluding hydrogens is 445 g/mol. The lowest BCUT2D eigenvalue weighted by Gasteiger charge is -2.31. The summed E-state index contributed by atoms with van der Waals surface area (Å²) in [6.45, 7) is 0.549. The highest BCUT2D eigenvalue weighted by molar-refractivity contribution is 5.71. The van der Waals surface area contributed by atoms with Gasteiger partial charge in [-0.25, -0.2) is 28.4 Å². The van der Waals surface area contributed by atoms with Crippen molar-refractivity contribution in [2.45, 2.75) is 44.5 Å². The predicted octanol–water partition coefficient (Wildman–Crippen LogP) is 4.22. The number of hydrogen-bond acceptors (Lipinski definition) is 6. The number of aromatic nitrogens is 5. The molecular formula is C21H22F5N7. The van der Waals surface area contributed by atoms with Crippen molar-refractivity contribution in [1.82, 2.24) is 24.7 Å². The zero-order chi connectivity index (χ0) is 23.2. The molecule has 0 aromatic carbocycles. The van der Waals surface area contributed by atoms with Gasteiger partial charge >= 0.3 is 6.18 Å². The minimum absolute atomic E-state index is 0.0698. The number of fused-ring (bicyclic) bond motifs is 2. The van der Waals surface area contributed by atoms with Gasteiger partial charge in [0.1, 0.15) is 17.9 Å². The fourth-order valence-electron chi connectivity index (χ4n) is 5.02. The smallest absolute Gasteiger partial charge is 0.369 e. The normalized spacial score (nSPS) is 23.3. The molecule has 1 N–H and O–H groups in total. The van der Waals surface area contributed by atoms with Gasteiger partial charge in [-0.1, -0.05) is 0 Å². The van der Waals surface area contributed by atoms with Gasteiger partial charge in [0, 0.05) is 25.3 Å². The molecule has 0 amide bonds. The van der Waals surface area contributed by atoms with Crippen molar-refractivity contribution in [2.75, 3.05) is 23.3 Å². The molecule has 0 unspecified atom stereocenters. The fraction of sp³-hybridized carbons (Fsp3) is 0.524. The number of rotatable bonds is 5. The molecule has 4 heterocycles. The third-order valence-corrected chi connectivity index (χ3v) is 6.45. The molecule has 1 saturated carbocycles. The van der Waals surface area contributed by atoms with E-state index >= 15 is 0 Å². The van der Waals surface area contributed by atoms with Gasteiger partial charge in [-0.2, -0.15) is 18.3 Å². The topological polar surface area (TPSA) is 71.8 Å². The molecule has 1 aliphatic heterocycles. The SMILES string of the molecule is FC(F)Cn1ncc2ncc(N[C@@H]3CC[C@@H]4CN(c5cccnc5C(F)(F)F)C[C@@H]4C3)nc21. The minimum Gasteiger partial charge on any atom is -0.369 e. The Hall–Kier alpha value is -3.05. The van der Waals surface area contributed by atoms with Crippen molar-refractivity contribution in [2.24, 2.45) is 11.8 Å². The summed E-state index contributed by atoms with van der Waals surface area (Å²) in [4.78, 5) is 14.0. The zero-order valence-electron chi connectivity index (χ0n) is 17.5. The molecule has 3 aromatic rings. The van der Waals surface area contributed by atoms with Crippen LogP contribution in [0.25, 0.3) is 11.2 Å². The second kappa shape index (κ2) is 8.38. The Morgan fingerprint density at radius 2 is 1.91 bits per heavy atom. The summed E-state index contributed by atoms with van der Waals surface area (Å²) in [7, 11) is 0. The molecule has 2 aliphatic rings. The predicted molar refractivity (Wildman–Crippen MR) is 111 cm³/mol. The van der Waals surface area contributed by atoms with E-state index in [4.69, 9.17) is 0 Å². The first-order valence-corrected chi connectivity index (χ1v) is 10.8. The molecule has 0 bridgehead atoms. The highest BCUT2D eigenvalue weighted by atomic mass is 19.4. The van der Waals surface area contributed by atoms with Crippen LogP contribution in [-0.2, 0) is 12.7 Å². The van der Waals surface area contributed by atoms with Crippen molar-refractivity contribution in [3.63, 3.8) is 0 Å². The molecule has 12 heteroatoms. The van der Waals surface area contributed by atoms with Crippen LogP contribution < -0.4 is 10.2 Å². The molecule has 33 heavy (non-hydrogen) atoms. The van der Waals surface area contributed by atoms with Crippen molar-refractivity contribution in [1.29, 1.82) is 0 Å². The molecule has 3 atom stereocenters. The molecule has 3 aromatic heterocycles. The molecule has 0 radical (unpaired) electrons. The summed E-state index contributed by atoms with van der Waals surface area (Å²) >= 11 is 0. The lowest BCUT2D eigenvalue weighted by Crippen LogP contribution is -2.32. The highest BCUT2D eigenvalue weighted by Crippen LogP contribution is 2.42. The van der Waals surface area contributed by atoms with Crippen LogP contribution in [0.4, 0.5) is 33.5 Å². The van der Waals surface area contributed by atoms with Gasteiger partial charge in [0.2, 0.25) is 0 Å². The van der Waals surface area contributed by atoms with E-state index in [1.165, 1.54) is 24.5 Å². The van der Waals surface area contributed by atoms with E-state index in [-0.39, 0.29) is 23.3 Å². The standard InChI is InChI=1S/C21H22F5N7/c22-17(23)11-33-20-15(7-29-33)28-8-18(31-20)30-14-4-3-12-9-32(10-13(12)6-14)16-2-1-5-27-19(16)21(24,25)26/h1-2,5,7-8,12-14,17H,3-4,6,9-11H2,(H,30,31)/t12-,13+,14-/m1/s1. The van der Waals surface area contributed by atoms with Crippen LogP contribution in [0.1, 0.15) is 25.0 Å². The van der Waals surface area contributed by atoms with E-state index in [0.29, 0.717) is 30.3 Å². The maximum absolute atomic E-state index is 13.4. The molecule has 1 aliphatic carbocycles. The Morgan fingerprint density at radius 1 is 1.09 bits per heavy atom. The zero-order valence-corrected chi connectivity index (χ0v) is 17.5. The monoisotopic (exact) mass is 467 g/mol. The summed E-state index contributed by atoms with van der Waals surface area (Å²) < 4.78 is 66.9. The van der Waals surface area contributed by atoms with Gasteiger partial charge in [-0.15, -0.1) is 0 Å². The second-order valence-corrected chi connectivity index (χ2v) is 8.63. The summed E-state index contributed by atoms with van der Waals surface area (Å²) in [5, 5.41) is 7.25. The molecule has 7 nitrogen and oxygen atoms in total. The molecule has 1 saturated heterocycles. The lowest BCUT2D eigenvalue weighted by molar-refractivity contribution is -0.140. The van der Waals surface area contributed by atoms with Crippen LogP contribution >= 0.6 is 0 Å². The van der Waals surface area contributed by atoms with Crippen LogP contribution in [0.5, 0.6) is 0 Å². The number of nitrogens with one attached hydrogen (secondary N) is 1. The fourth-order valence-corrected chi connectivity index (χ4v) is 5.02. The van der Waals surface area contributed by atoms with E-state index in [1.807, 2.05) is 0 Å². The average molecular weight is 467 g/mol. The van der Waals surface area contributed by atoms with E-state index < -0.39 is 24.8 Å². The Labute approximate surface area is 186 Å². The van der Waals surface area contributed by atoms with Crippen molar-refractivity contribution in [3.05, 3.63) is 36.4 Å². The van der Waals surface area contributed by atoms with E-state index in [9.17, 15) is 22.0 Å². The molecule has 2 fully saturated rings. The van der Waals surface area contributed by atoms with Gasteiger partial charge in [-0.05, 0) is 43.2 Å². The van der Waals surface area contributed by atoms with Gasteiger partial charge < -0.3 is 10.2 Å². The summed E-state index contributed by atoms with van der Waals surface area (Å²) in [5.74, 6) is 1.02. The average Bonchev–Trinajstić information content (AvgIpc) is 3.36. The number of hydrogen-bond donors (Lipinski definition) is 1. The van der Waals surface area contributed by atoms with Crippen LogP contribution in [0.3, 0.4) is 0 Å². The van der Waals surface area contributed by atoms with Crippen molar-refractivity contribution in [3.8, 4) is 0 Å². The Bertz CT molecular complexity index is 1130. The molecule has 176 valence electrons. The second-order valence-electron chi connectivity index (χ2n) is 8.63. The molecule has 5 rings (SSSR count). The number of pyridine rings is 1. The van der Waals surface area contributed by atoms with Gasteiger partial charge in [-0.3, -0.25) is 0 Å². The number of alkyl halides is 5. The number of nitrogens with zero attached hydrogens (tertiary/aromatic N) is 6. The quantitative estimate of drug-likeness (QED) is 0.567. The van der Waals surface area contributed by atoms with Gasteiger partial charge in [0.15, 0.2) is 11.3 Å². The van der Waals surface area contributed by atoms with Crippen LogP contribution in [0.2, 0.25) is 0 Å². The van der Waals surface area contributed by atoms with E-state index in [0.717, 1.165) is 23.9 Å².